The zero-order valence-electron chi connectivity index (χ0n) is 8.86. The third-order valence-corrected chi connectivity index (χ3v) is 3.11. The summed E-state index contributed by atoms with van der Waals surface area (Å²) in [7, 11) is 0. The first-order chi connectivity index (χ1) is 8.16. The van der Waals surface area contributed by atoms with Gasteiger partial charge in [-0.1, -0.05) is 27.5 Å². The molecule has 1 heterocycles. The van der Waals surface area contributed by atoms with Gasteiger partial charge in [-0.2, -0.15) is 0 Å². The van der Waals surface area contributed by atoms with Gasteiger partial charge in [0.15, 0.2) is 0 Å². The van der Waals surface area contributed by atoms with E-state index in [4.69, 9.17) is 16.0 Å². The normalized spacial score (nSPS) is 12.4. The molecule has 0 bridgehead atoms. The Morgan fingerprint density at radius 3 is 2.94 bits per heavy atom. The molecule has 0 fully saturated rings. The third-order valence-electron chi connectivity index (χ3n) is 2.29. The number of halogens is 2. The molecule has 3 nitrogen and oxygen atoms in total. The highest BCUT2D eigenvalue weighted by molar-refractivity contribution is 9.10. The number of aliphatic hydroxyl groups excluding tert-OH is 1. The van der Waals surface area contributed by atoms with Gasteiger partial charge in [0.2, 0.25) is 0 Å². The van der Waals surface area contributed by atoms with Crippen LogP contribution in [0.4, 0.5) is 5.69 Å². The predicted molar refractivity (Wildman–Crippen MR) is 71.3 cm³/mol. The molecule has 1 unspecified atom stereocenters. The SMILES string of the molecule is OC(CNc1cc(Br)ccc1Cl)c1ccco1. The molecule has 0 saturated heterocycles. The number of aliphatic hydroxyl groups is 1. The fraction of sp³-hybridized carbons (Fsp3) is 0.167. The summed E-state index contributed by atoms with van der Waals surface area (Å²) in [5.74, 6) is 0.531. The van der Waals surface area contributed by atoms with Crippen molar-refractivity contribution < 1.29 is 9.52 Å². The summed E-state index contributed by atoms with van der Waals surface area (Å²) in [6.45, 7) is 0.337. The van der Waals surface area contributed by atoms with E-state index >= 15 is 0 Å². The van der Waals surface area contributed by atoms with Crippen LogP contribution in [0.3, 0.4) is 0 Å². The Morgan fingerprint density at radius 2 is 2.24 bits per heavy atom. The van der Waals surface area contributed by atoms with Gasteiger partial charge < -0.3 is 14.8 Å². The summed E-state index contributed by atoms with van der Waals surface area (Å²) in [6.07, 6.45) is 0.838. The molecule has 0 aliphatic carbocycles. The fourth-order valence-electron chi connectivity index (χ4n) is 1.42. The molecule has 1 aromatic carbocycles. The molecular formula is C12H11BrClNO2. The third kappa shape index (κ3) is 3.25. The maximum Gasteiger partial charge on any atom is 0.134 e. The van der Waals surface area contributed by atoms with Gasteiger partial charge in [0.1, 0.15) is 11.9 Å². The molecule has 1 atom stereocenters. The van der Waals surface area contributed by atoms with Crippen LogP contribution in [-0.4, -0.2) is 11.7 Å². The number of hydrogen-bond acceptors (Lipinski definition) is 3. The Bertz CT molecular complexity index is 487. The van der Waals surface area contributed by atoms with Gasteiger partial charge in [-0.15, -0.1) is 0 Å². The van der Waals surface area contributed by atoms with Gasteiger partial charge in [0.25, 0.3) is 0 Å². The van der Waals surface area contributed by atoms with E-state index in [2.05, 4.69) is 21.2 Å². The van der Waals surface area contributed by atoms with Crippen LogP contribution < -0.4 is 5.32 Å². The molecule has 2 rings (SSSR count). The molecule has 1 aromatic heterocycles. The van der Waals surface area contributed by atoms with Crippen molar-refractivity contribution >= 4 is 33.2 Å². The van der Waals surface area contributed by atoms with Crippen LogP contribution in [0.2, 0.25) is 5.02 Å². The number of furan rings is 1. The van der Waals surface area contributed by atoms with Crippen LogP contribution in [0.25, 0.3) is 0 Å². The van der Waals surface area contributed by atoms with E-state index in [9.17, 15) is 5.11 Å². The number of rotatable bonds is 4. The van der Waals surface area contributed by atoms with Crippen LogP contribution in [0.1, 0.15) is 11.9 Å². The first-order valence-electron chi connectivity index (χ1n) is 5.07. The molecule has 0 amide bonds. The zero-order chi connectivity index (χ0) is 12.3. The van der Waals surface area contributed by atoms with Crippen molar-refractivity contribution in [3.63, 3.8) is 0 Å². The van der Waals surface area contributed by atoms with Crippen LogP contribution in [-0.2, 0) is 0 Å². The maximum absolute atomic E-state index is 9.82. The average Bonchev–Trinajstić information content (AvgIpc) is 2.83. The highest BCUT2D eigenvalue weighted by Crippen LogP contribution is 2.26. The number of anilines is 1. The first kappa shape index (κ1) is 12.5. The molecule has 90 valence electrons. The molecule has 2 aromatic rings. The van der Waals surface area contributed by atoms with E-state index in [1.807, 2.05) is 12.1 Å². The smallest absolute Gasteiger partial charge is 0.134 e. The molecular weight excluding hydrogens is 305 g/mol. The van der Waals surface area contributed by atoms with Gasteiger partial charge in [-0.05, 0) is 30.3 Å². The highest BCUT2D eigenvalue weighted by Gasteiger charge is 2.10. The van der Waals surface area contributed by atoms with Crippen LogP contribution >= 0.6 is 27.5 Å². The summed E-state index contributed by atoms with van der Waals surface area (Å²) in [5.41, 5.74) is 0.770. The minimum Gasteiger partial charge on any atom is -0.467 e. The number of nitrogens with one attached hydrogen (secondary N) is 1. The zero-order valence-corrected chi connectivity index (χ0v) is 11.2. The van der Waals surface area contributed by atoms with E-state index in [-0.39, 0.29) is 0 Å². The van der Waals surface area contributed by atoms with Crippen molar-refractivity contribution in [2.75, 3.05) is 11.9 Å². The lowest BCUT2D eigenvalue weighted by molar-refractivity contribution is 0.162. The van der Waals surface area contributed by atoms with E-state index < -0.39 is 6.10 Å². The summed E-state index contributed by atoms with van der Waals surface area (Å²) in [5, 5.41) is 13.5. The van der Waals surface area contributed by atoms with Gasteiger partial charge in [0.05, 0.1) is 17.0 Å². The minimum atomic E-state index is -0.694. The first-order valence-corrected chi connectivity index (χ1v) is 6.24. The van der Waals surface area contributed by atoms with E-state index in [0.29, 0.717) is 17.3 Å². The monoisotopic (exact) mass is 315 g/mol. The van der Waals surface area contributed by atoms with Crippen molar-refractivity contribution in [1.29, 1.82) is 0 Å². The van der Waals surface area contributed by atoms with Gasteiger partial charge >= 0.3 is 0 Å². The minimum absolute atomic E-state index is 0.337. The standard InChI is InChI=1S/C12H11BrClNO2/c13-8-3-4-9(14)10(6-8)15-7-11(16)12-2-1-5-17-12/h1-6,11,15-16H,7H2. The van der Waals surface area contributed by atoms with Crippen molar-refractivity contribution in [2.24, 2.45) is 0 Å². The van der Waals surface area contributed by atoms with Crippen molar-refractivity contribution in [2.45, 2.75) is 6.10 Å². The van der Waals surface area contributed by atoms with Crippen molar-refractivity contribution in [3.8, 4) is 0 Å². The lowest BCUT2D eigenvalue weighted by Crippen LogP contribution is -2.11. The van der Waals surface area contributed by atoms with Crippen LogP contribution in [0.15, 0.2) is 45.5 Å². The Kier molecular flexibility index (Phi) is 4.10. The second kappa shape index (κ2) is 5.58. The lowest BCUT2D eigenvalue weighted by atomic mass is 10.2. The van der Waals surface area contributed by atoms with E-state index in [1.54, 1.807) is 18.2 Å². The Morgan fingerprint density at radius 1 is 1.41 bits per heavy atom. The van der Waals surface area contributed by atoms with Crippen LogP contribution in [0, 0.1) is 0 Å². The molecule has 2 N–H and O–H groups in total. The summed E-state index contributed by atoms with van der Waals surface area (Å²) >= 11 is 9.38. The molecule has 17 heavy (non-hydrogen) atoms. The van der Waals surface area contributed by atoms with E-state index in [1.165, 1.54) is 6.26 Å². The quantitative estimate of drug-likeness (QED) is 0.901. The Hall–Kier alpha value is -0.970. The topological polar surface area (TPSA) is 45.4 Å². The molecule has 0 saturated carbocycles. The number of hydrogen-bond donors (Lipinski definition) is 2. The highest BCUT2D eigenvalue weighted by atomic mass is 79.9. The van der Waals surface area contributed by atoms with Crippen molar-refractivity contribution in [3.05, 3.63) is 51.9 Å². The molecule has 0 spiro atoms. The molecule has 0 aliphatic rings. The van der Waals surface area contributed by atoms with Gasteiger partial charge in [-0.25, -0.2) is 0 Å². The summed E-state index contributed by atoms with van der Waals surface area (Å²) in [4.78, 5) is 0. The summed E-state index contributed by atoms with van der Waals surface area (Å²) < 4.78 is 6.03. The second-order valence-corrected chi connectivity index (χ2v) is 4.86. The predicted octanol–water partition coefficient (Wildman–Crippen LogP) is 3.84. The molecule has 0 aliphatic heterocycles. The lowest BCUT2D eigenvalue weighted by Gasteiger charge is -2.12. The van der Waals surface area contributed by atoms with Crippen LogP contribution in [0.5, 0.6) is 0 Å². The maximum atomic E-state index is 9.82. The summed E-state index contributed by atoms with van der Waals surface area (Å²) in [6, 6.07) is 8.97. The van der Waals surface area contributed by atoms with E-state index in [0.717, 1.165) is 10.2 Å². The van der Waals surface area contributed by atoms with Gasteiger partial charge in [-0.3, -0.25) is 0 Å². The van der Waals surface area contributed by atoms with Crippen molar-refractivity contribution in [1.82, 2.24) is 0 Å². The fourth-order valence-corrected chi connectivity index (χ4v) is 1.97. The van der Waals surface area contributed by atoms with Gasteiger partial charge in [0, 0.05) is 11.0 Å². The Balaban J connectivity index is 2.00. The second-order valence-electron chi connectivity index (χ2n) is 3.54. The Labute approximate surface area is 113 Å². The largest absolute Gasteiger partial charge is 0.467 e. The molecule has 5 heteroatoms. The number of benzene rings is 1. The average molecular weight is 317 g/mol. The molecule has 0 radical (unpaired) electrons.